The van der Waals surface area contributed by atoms with E-state index in [-0.39, 0.29) is 36.0 Å². The lowest BCUT2D eigenvalue weighted by molar-refractivity contribution is 0.212. The van der Waals surface area contributed by atoms with Crippen LogP contribution in [0.15, 0.2) is 27.8 Å². The Morgan fingerprint density at radius 3 is 2.79 bits per heavy atom. The molecule has 0 spiro atoms. The third-order valence-corrected chi connectivity index (χ3v) is 3.24. The lowest BCUT2D eigenvalue weighted by Gasteiger charge is -2.16. The van der Waals surface area contributed by atoms with Crippen LogP contribution in [0.25, 0.3) is 0 Å². The van der Waals surface area contributed by atoms with Crippen LogP contribution >= 0.6 is 24.0 Å². The second kappa shape index (κ2) is 7.74. The van der Waals surface area contributed by atoms with Crippen molar-refractivity contribution in [3.8, 4) is 0 Å². The fourth-order valence-corrected chi connectivity index (χ4v) is 1.74. The van der Waals surface area contributed by atoms with E-state index >= 15 is 0 Å². The number of hydrogen-bond donors (Lipinski definition) is 3. The second-order valence-electron chi connectivity index (χ2n) is 4.79. The molecule has 0 bridgehead atoms. The maximum atomic E-state index is 9.26. The Balaban J connectivity index is 0.00000180. The summed E-state index contributed by atoms with van der Waals surface area (Å²) in [5.41, 5.74) is 0.0842. The maximum absolute atomic E-state index is 9.26. The number of nitrogens with one attached hydrogen (secondary N) is 2. The number of halogens is 1. The molecule has 1 aromatic heterocycles. The largest absolute Gasteiger partial charge is 0.467 e. The molecule has 0 radical (unpaired) electrons. The van der Waals surface area contributed by atoms with Gasteiger partial charge in [-0.25, -0.2) is 4.99 Å². The molecule has 0 aromatic carbocycles. The summed E-state index contributed by atoms with van der Waals surface area (Å²) in [5, 5.41) is 15.7. The molecule has 1 aliphatic rings. The minimum atomic E-state index is 0. The van der Waals surface area contributed by atoms with Crippen LogP contribution in [-0.4, -0.2) is 30.8 Å². The molecule has 0 aliphatic heterocycles. The average molecular weight is 379 g/mol. The molecular formula is C13H22IN3O2. The third-order valence-electron chi connectivity index (χ3n) is 3.24. The van der Waals surface area contributed by atoms with Gasteiger partial charge in [0.25, 0.3) is 0 Å². The smallest absolute Gasteiger partial charge is 0.191 e. The Hall–Kier alpha value is -0.760. The van der Waals surface area contributed by atoms with Gasteiger partial charge in [0.05, 0.1) is 12.9 Å². The fraction of sp³-hybridized carbons (Fsp3) is 0.615. The van der Waals surface area contributed by atoms with E-state index in [1.54, 1.807) is 6.26 Å². The average Bonchev–Trinajstić information content (AvgIpc) is 2.99. The molecule has 1 fully saturated rings. The standard InChI is InChI=1S/C13H21N3O2.HI/c1-2-14-12(15-8-11-4-3-7-18-11)16-9-13(10-17)5-6-13;/h3-4,7,17H,2,5-6,8-10H2,1H3,(H2,14,15,16);1H. The highest BCUT2D eigenvalue weighted by Gasteiger charge is 2.41. The molecule has 0 atom stereocenters. The van der Waals surface area contributed by atoms with Crippen LogP contribution in [0.4, 0.5) is 0 Å². The number of nitrogens with zero attached hydrogens (tertiary/aromatic N) is 1. The highest BCUT2D eigenvalue weighted by atomic mass is 127. The monoisotopic (exact) mass is 379 g/mol. The number of guanidine groups is 1. The van der Waals surface area contributed by atoms with Gasteiger partial charge in [-0.05, 0) is 31.9 Å². The van der Waals surface area contributed by atoms with Gasteiger partial charge in [-0.15, -0.1) is 24.0 Å². The first-order valence-corrected chi connectivity index (χ1v) is 6.43. The van der Waals surface area contributed by atoms with E-state index in [0.717, 1.165) is 37.7 Å². The van der Waals surface area contributed by atoms with Gasteiger partial charge in [-0.2, -0.15) is 0 Å². The Bertz CT molecular complexity index is 389. The molecule has 1 saturated carbocycles. The molecule has 0 unspecified atom stereocenters. The van der Waals surface area contributed by atoms with Gasteiger partial charge in [0, 0.05) is 18.5 Å². The molecule has 0 amide bonds. The van der Waals surface area contributed by atoms with E-state index in [9.17, 15) is 5.11 Å². The number of aliphatic hydroxyl groups is 1. The van der Waals surface area contributed by atoms with Crippen molar-refractivity contribution in [1.82, 2.24) is 10.6 Å². The molecular weight excluding hydrogens is 357 g/mol. The first kappa shape index (κ1) is 16.3. The zero-order valence-corrected chi connectivity index (χ0v) is 13.5. The van der Waals surface area contributed by atoms with Crippen molar-refractivity contribution >= 4 is 29.9 Å². The van der Waals surface area contributed by atoms with Crippen LogP contribution in [0.1, 0.15) is 25.5 Å². The summed E-state index contributed by atoms with van der Waals surface area (Å²) in [6.07, 6.45) is 3.83. The molecule has 3 N–H and O–H groups in total. The van der Waals surface area contributed by atoms with E-state index in [4.69, 9.17) is 4.42 Å². The maximum Gasteiger partial charge on any atom is 0.191 e. The summed E-state index contributed by atoms with van der Waals surface area (Å²) < 4.78 is 5.24. The second-order valence-corrected chi connectivity index (χ2v) is 4.79. The van der Waals surface area contributed by atoms with Crippen LogP contribution in [0.5, 0.6) is 0 Å². The van der Waals surface area contributed by atoms with Gasteiger partial charge in [-0.3, -0.25) is 0 Å². The highest BCUT2D eigenvalue weighted by Crippen LogP contribution is 2.44. The molecule has 19 heavy (non-hydrogen) atoms. The summed E-state index contributed by atoms with van der Waals surface area (Å²) in [4.78, 5) is 4.44. The summed E-state index contributed by atoms with van der Waals surface area (Å²) in [5.74, 6) is 1.61. The lowest BCUT2D eigenvalue weighted by Crippen LogP contribution is -2.41. The van der Waals surface area contributed by atoms with Crippen molar-refractivity contribution in [1.29, 1.82) is 0 Å². The van der Waals surface area contributed by atoms with E-state index in [1.807, 2.05) is 19.1 Å². The number of hydrogen-bond acceptors (Lipinski definition) is 3. The van der Waals surface area contributed by atoms with Crippen molar-refractivity contribution in [3.05, 3.63) is 24.2 Å². The van der Waals surface area contributed by atoms with E-state index in [0.29, 0.717) is 6.54 Å². The first-order chi connectivity index (χ1) is 8.78. The van der Waals surface area contributed by atoms with Crippen molar-refractivity contribution < 1.29 is 9.52 Å². The minimum absolute atomic E-state index is 0. The predicted molar refractivity (Wildman–Crippen MR) is 85.7 cm³/mol. The van der Waals surface area contributed by atoms with Crippen LogP contribution in [-0.2, 0) is 6.54 Å². The van der Waals surface area contributed by atoms with Gasteiger partial charge in [0.15, 0.2) is 5.96 Å². The van der Waals surface area contributed by atoms with Gasteiger partial charge < -0.3 is 20.2 Å². The number of furan rings is 1. The normalized spacial score (nSPS) is 16.6. The molecule has 108 valence electrons. The summed E-state index contributed by atoms with van der Waals surface area (Å²) in [7, 11) is 0. The van der Waals surface area contributed by atoms with Crippen molar-refractivity contribution in [3.63, 3.8) is 0 Å². The molecule has 1 aromatic rings. The summed E-state index contributed by atoms with van der Waals surface area (Å²) >= 11 is 0. The number of rotatable bonds is 6. The molecule has 1 heterocycles. The van der Waals surface area contributed by atoms with Crippen molar-refractivity contribution in [2.45, 2.75) is 26.3 Å². The molecule has 5 nitrogen and oxygen atoms in total. The Morgan fingerprint density at radius 1 is 1.47 bits per heavy atom. The van der Waals surface area contributed by atoms with Crippen LogP contribution in [0, 0.1) is 5.41 Å². The van der Waals surface area contributed by atoms with Gasteiger partial charge in [-0.1, -0.05) is 0 Å². The van der Waals surface area contributed by atoms with Gasteiger partial charge in [0.1, 0.15) is 12.3 Å². The Kier molecular flexibility index (Phi) is 6.64. The Morgan fingerprint density at radius 2 is 2.26 bits per heavy atom. The van der Waals surface area contributed by atoms with Crippen LogP contribution in [0.2, 0.25) is 0 Å². The third kappa shape index (κ3) is 5.02. The number of aliphatic hydroxyl groups excluding tert-OH is 1. The van der Waals surface area contributed by atoms with Crippen LogP contribution < -0.4 is 10.6 Å². The van der Waals surface area contributed by atoms with Crippen molar-refractivity contribution in [2.24, 2.45) is 10.4 Å². The van der Waals surface area contributed by atoms with E-state index in [1.165, 1.54) is 0 Å². The minimum Gasteiger partial charge on any atom is -0.467 e. The molecule has 2 rings (SSSR count). The molecule has 1 aliphatic carbocycles. The zero-order valence-electron chi connectivity index (χ0n) is 11.2. The topological polar surface area (TPSA) is 69.8 Å². The highest BCUT2D eigenvalue weighted by molar-refractivity contribution is 14.0. The summed E-state index contributed by atoms with van der Waals surface area (Å²) in [6.45, 7) is 4.39. The molecule has 0 saturated heterocycles. The fourth-order valence-electron chi connectivity index (χ4n) is 1.74. The SMILES string of the molecule is CCNC(=NCc1ccco1)NCC1(CO)CC1.I. The number of aliphatic imine (C=N–C) groups is 1. The predicted octanol–water partition coefficient (Wildman–Crippen LogP) is 1.73. The molecule has 6 heteroatoms. The lowest BCUT2D eigenvalue weighted by atomic mass is 10.1. The summed E-state index contributed by atoms with van der Waals surface area (Å²) in [6, 6.07) is 3.76. The Labute approximate surface area is 130 Å². The van der Waals surface area contributed by atoms with Gasteiger partial charge in [0.2, 0.25) is 0 Å². The van der Waals surface area contributed by atoms with Crippen LogP contribution in [0.3, 0.4) is 0 Å². The first-order valence-electron chi connectivity index (χ1n) is 6.43. The zero-order chi connectivity index (χ0) is 12.8. The van der Waals surface area contributed by atoms with E-state index < -0.39 is 0 Å². The quantitative estimate of drug-likeness (QED) is 0.400. The van der Waals surface area contributed by atoms with Crippen molar-refractivity contribution in [2.75, 3.05) is 19.7 Å². The van der Waals surface area contributed by atoms with Gasteiger partial charge >= 0.3 is 0 Å². The van der Waals surface area contributed by atoms with E-state index in [2.05, 4.69) is 15.6 Å².